The number of hydrogen-bond acceptors (Lipinski definition) is 7. The maximum absolute atomic E-state index is 14.0. The van der Waals surface area contributed by atoms with Crippen LogP contribution in [0.15, 0.2) is 85.5 Å². The Labute approximate surface area is 270 Å². The normalized spacial score (nSPS) is 15.8. The zero-order valence-corrected chi connectivity index (χ0v) is 25.6. The van der Waals surface area contributed by atoms with Gasteiger partial charge in [0, 0.05) is 67.4 Å². The van der Waals surface area contributed by atoms with Crippen molar-refractivity contribution >= 4 is 11.4 Å². The second-order valence-electron chi connectivity index (χ2n) is 12.4. The molecule has 1 aliphatic carbocycles. The summed E-state index contributed by atoms with van der Waals surface area (Å²) in [4.78, 5) is 32.9. The van der Waals surface area contributed by atoms with Crippen molar-refractivity contribution in [1.82, 2.24) is 39.0 Å². The van der Waals surface area contributed by atoms with Crippen LogP contribution in [0.2, 0.25) is 0 Å². The van der Waals surface area contributed by atoms with Crippen molar-refractivity contribution in [3.8, 4) is 22.6 Å². The van der Waals surface area contributed by atoms with Crippen molar-refractivity contribution in [1.29, 1.82) is 0 Å². The predicted molar refractivity (Wildman–Crippen MR) is 172 cm³/mol. The van der Waals surface area contributed by atoms with Gasteiger partial charge in [-0.25, -0.2) is 23.9 Å². The molecule has 236 valence electrons. The van der Waals surface area contributed by atoms with Gasteiger partial charge in [-0.2, -0.15) is 9.49 Å². The number of ketones is 1. The largest absolute Gasteiger partial charge is 0.323 e. The molecule has 0 amide bonds. The van der Waals surface area contributed by atoms with Crippen molar-refractivity contribution < 1.29 is 13.6 Å². The molecular weight excluding hydrogens is 598 g/mol. The summed E-state index contributed by atoms with van der Waals surface area (Å²) in [5.41, 5.74) is 5.88. The van der Waals surface area contributed by atoms with Crippen LogP contribution in [0.5, 0.6) is 0 Å². The Morgan fingerprint density at radius 1 is 0.872 bits per heavy atom. The minimum absolute atomic E-state index is 0.00477. The number of carbonyl (C=O) groups is 1. The van der Waals surface area contributed by atoms with Crippen LogP contribution in [0.4, 0.5) is 8.78 Å². The second-order valence-corrected chi connectivity index (χ2v) is 12.4. The highest BCUT2D eigenvalue weighted by atomic mass is 19.1. The Morgan fingerprint density at radius 2 is 1.66 bits per heavy atom. The van der Waals surface area contributed by atoms with Crippen LogP contribution >= 0.6 is 0 Å². The standard InChI is InChI=1S/C36H32F2N8O/c37-27-5-3-24(4-6-27)34-35(30-7-8-33-41-28(22-45(33)43-30)20-31(47)26-11-16-40-32(38)19-26)46(36(42-34)25-1-2-25)29-12-17-44(18-13-29)21-23-9-14-39-15-10-23/h3-11,14-16,19,22,25,29H,1-2,12-13,17-18,20-21H2. The molecule has 0 bridgehead atoms. The summed E-state index contributed by atoms with van der Waals surface area (Å²) < 4.78 is 31.7. The van der Waals surface area contributed by atoms with Gasteiger partial charge in [0.1, 0.15) is 17.3 Å². The number of aromatic nitrogens is 7. The van der Waals surface area contributed by atoms with Crippen molar-refractivity contribution in [3.05, 3.63) is 120 Å². The summed E-state index contributed by atoms with van der Waals surface area (Å²) in [6, 6.07) is 17.3. The number of fused-ring (bicyclic) bond motifs is 1. The highest BCUT2D eigenvalue weighted by Crippen LogP contribution is 2.46. The summed E-state index contributed by atoms with van der Waals surface area (Å²) in [7, 11) is 0. The third-order valence-electron chi connectivity index (χ3n) is 9.08. The first kappa shape index (κ1) is 29.3. The van der Waals surface area contributed by atoms with E-state index in [1.165, 1.54) is 30.0 Å². The highest BCUT2D eigenvalue weighted by molar-refractivity contribution is 5.97. The van der Waals surface area contributed by atoms with E-state index in [-0.39, 0.29) is 29.6 Å². The molecule has 6 aromatic rings. The molecule has 47 heavy (non-hydrogen) atoms. The van der Waals surface area contributed by atoms with Crippen molar-refractivity contribution in [2.24, 2.45) is 0 Å². The fourth-order valence-corrected chi connectivity index (χ4v) is 6.57. The number of rotatable bonds is 9. The van der Waals surface area contributed by atoms with Gasteiger partial charge in [0.2, 0.25) is 5.95 Å². The molecule has 1 aliphatic heterocycles. The number of piperidine rings is 1. The number of likely N-dealkylation sites (tertiary alicyclic amines) is 1. The highest BCUT2D eigenvalue weighted by Gasteiger charge is 2.36. The van der Waals surface area contributed by atoms with Crippen LogP contribution in [-0.4, -0.2) is 57.9 Å². The molecule has 0 unspecified atom stereocenters. The molecule has 11 heteroatoms. The molecule has 0 N–H and O–H groups in total. The lowest BCUT2D eigenvalue weighted by molar-refractivity contribution is 0.0991. The lowest BCUT2D eigenvalue weighted by Crippen LogP contribution is -2.34. The first-order valence-corrected chi connectivity index (χ1v) is 16.0. The number of nitrogens with zero attached hydrogens (tertiary/aromatic N) is 8. The fraction of sp³-hybridized carbons (Fsp3) is 0.278. The number of carbonyl (C=O) groups excluding carboxylic acids is 1. The van der Waals surface area contributed by atoms with E-state index in [1.54, 1.807) is 22.8 Å². The average molecular weight is 631 g/mol. The van der Waals surface area contributed by atoms with Gasteiger partial charge in [0.05, 0.1) is 29.7 Å². The van der Waals surface area contributed by atoms with Gasteiger partial charge in [-0.3, -0.25) is 14.7 Å². The van der Waals surface area contributed by atoms with Gasteiger partial charge in [0.15, 0.2) is 11.4 Å². The first-order valence-electron chi connectivity index (χ1n) is 16.0. The van der Waals surface area contributed by atoms with E-state index >= 15 is 0 Å². The first-order chi connectivity index (χ1) is 23.0. The topological polar surface area (TPSA) is 94.1 Å². The van der Waals surface area contributed by atoms with Crippen LogP contribution in [0, 0.1) is 11.8 Å². The van der Waals surface area contributed by atoms with E-state index in [9.17, 15) is 13.6 Å². The second kappa shape index (κ2) is 12.2. The Balaban J connectivity index is 1.16. The molecule has 5 aromatic heterocycles. The number of benzene rings is 1. The maximum Gasteiger partial charge on any atom is 0.213 e. The number of hydrogen-bond donors (Lipinski definition) is 0. The molecule has 1 aromatic carbocycles. The molecule has 2 fully saturated rings. The van der Waals surface area contributed by atoms with Crippen LogP contribution in [-0.2, 0) is 13.0 Å². The quantitative estimate of drug-likeness (QED) is 0.134. The van der Waals surface area contributed by atoms with Gasteiger partial charge in [0.25, 0.3) is 0 Å². The van der Waals surface area contributed by atoms with E-state index in [0.29, 0.717) is 17.3 Å². The lowest BCUT2D eigenvalue weighted by Gasteiger charge is -2.34. The van der Waals surface area contributed by atoms with E-state index in [1.807, 2.05) is 24.5 Å². The fourth-order valence-electron chi connectivity index (χ4n) is 6.57. The van der Waals surface area contributed by atoms with E-state index in [2.05, 4.69) is 36.6 Å². The zero-order chi connectivity index (χ0) is 31.9. The van der Waals surface area contributed by atoms with Crippen LogP contribution in [0.3, 0.4) is 0 Å². The van der Waals surface area contributed by atoms with Crippen LogP contribution < -0.4 is 0 Å². The van der Waals surface area contributed by atoms with Crippen LogP contribution in [0.25, 0.3) is 28.3 Å². The number of imidazole rings is 2. The van der Waals surface area contributed by atoms with Gasteiger partial charge in [-0.15, -0.1) is 0 Å². The molecule has 2 aliphatic rings. The zero-order valence-electron chi connectivity index (χ0n) is 25.6. The third kappa shape index (κ3) is 6.06. The van der Waals surface area contributed by atoms with Crippen molar-refractivity contribution in [3.63, 3.8) is 0 Å². The molecule has 9 nitrogen and oxygen atoms in total. The maximum atomic E-state index is 14.0. The van der Waals surface area contributed by atoms with E-state index < -0.39 is 5.95 Å². The Bertz CT molecular complexity index is 2060. The van der Waals surface area contributed by atoms with Crippen molar-refractivity contribution in [2.45, 2.75) is 50.6 Å². The van der Waals surface area contributed by atoms with E-state index in [4.69, 9.17) is 10.1 Å². The Morgan fingerprint density at radius 3 is 2.40 bits per heavy atom. The average Bonchev–Trinajstić information content (AvgIpc) is 3.74. The van der Waals surface area contributed by atoms with Gasteiger partial charge in [-0.05, 0) is 85.8 Å². The van der Waals surface area contributed by atoms with E-state index in [0.717, 1.165) is 79.9 Å². The molecule has 6 heterocycles. The number of Topliss-reactive ketones (excluding diaryl/α,β-unsaturated/α-hetero) is 1. The Kier molecular flexibility index (Phi) is 7.60. The SMILES string of the molecule is O=C(Cc1cn2nc(-c3c(-c4ccc(F)cc4)nc(C4CC4)n3C3CCN(Cc4ccncc4)CC3)ccc2n1)c1ccnc(F)c1. The van der Waals surface area contributed by atoms with Crippen molar-refractivity contribution in [2.75, 3.05) is 13.1 Å². The van der Waals surface area contributed by atoms with Gasteiger partial charge >= 0.3 is 0 Å². The Hall–Kier alpha value is -5.16. The molecular formula is C36H32F2N8O. The molecule has 1 saturated heterocycles. The summed E-state index contributed by atoms with van der Waals surface area (Å²) >= 11 is 0. The smallest absolute Gasteiger partial charge is 0.213 e. The minimum atomic E-state index is -0.698. The minimum Gasteiger partial charge on any atom is -0.323 e. The molecule has 1 saturated carbocycles. The summed E-state index contributed by atoms with van der Waals surface area (Å²) in [5, 5.41) is 5.00. The predicted octanol–water partition coefficient (Wildman–Crippen LogP) is 6.47. The number of pyridine rings is 2. The van der Waals surface area contributed by atoms with Crippen LogP contribution in [0.1, 0.15) is 65.1 Å². The molecule has 0 radical (unpaired) electrons. The summed E-state index contributed by atoms with van der Waals surface area (Å²) in [6.07, 6.45) is 10.8. The number of halogens is 2. The lowest BCUT2D eigenvalue weighted by atomic mass is 10.0. The van der Waals surface area contributed by atoms with Gasteiger partial charge in [-0.1, -0.05) is 0 Å². The third-order valence-corrected chi connectivity index (χ3v) is 9.08. The molecule has 8 rings (SSSR count). The summed E-state index contributed by atoms with van der Waals surface area (Å²) in [6.45, 7) is 2.79. The summed E-state index contributed by atoms with van der Waals surface area (Å²) in [5.74, 6) is 0.195. The molecule has 0 spiro atoms. The van der Waals surface area contributed by atoms with Gasteiger partial charge < -0.3 is 4.57 Å². The molecule has 0 atom stereocenters. The monoisotopic (exact) mass is 630 g/mol.